The van der Waals surface area contributed by atoms with Gasteiger partial charge in [0.25, 0.3) is 0 Å². The zero-order valence-corrected chi connectivity index (χ0v) is 20.8. The van der Waals surface area contributed by atoms with E-state index in [-0.39, 0.29) is 24.0 Å². The van der Waals surface area contributed by atoms with Crippen LogP contribution in [0.15, 0.2) is 17.1 Å². The van der Waals surface area contributed by atoms with Gasteiger partial charge in [0.2, 0.25) is 0 Å². The number of guanidine groups is 1. The van der Waals surface area contributed by atoms with Gasteiger partial charge in [-0.15, -0.1) is 34.2 Å². The van der Waals surface area contributed by atoms with Gasteiger partial charge >= 0.3 is 0 Å². The van der Waals surface area contributed by atoms with Crippen molar-refractivity contribution in [1.82, 2.24) is 30.3 Å². The Morgan fingerprint density at radius 2 is 2.04 bits per heavy atom. The quantitative estimate of drug-likeness (QED) is 0.171. The van der Waals surface area contributed by atoms with Crippen LogP contribution in [0, 0.1) is 6.92 Å². The average molecular weight is 522 g/mol. The molecule has 0 spiro atoms. The van der Waals surface area contributed by atoms with Gasteiger partial charge in [-0.05, 0) is 45.1 Å². The summed E-state index contributed by atoms with van der Waals surface area (Å²) in [6, 6.07) is 0.458. The van der Waals surface area contributed by atoms with Gasteiger partial charge in [0, 0.05) is 39.3 Å². The first-order chi connectivity index (χ1) is 13.0. The molecule has 0 saturated carbocycles. The van der Waals surface area contributed by atoms with Crippen molar-refractivity contribution in [2.24, 2.45) is 12.0 Å². The van der Waals surface area contributed by atoms with Crippen LogP contribution in [-0.4, -0.2) is 69.9 Å². The molecule has 2 heterocycles. The second-order valence-electron chi connectivity index (χ2n) is 7.31. The number of thioether (sulfide) groups is 1. The minimum Gasteiger partial charge on any atom is -0.356 e. The van der Waals surface area contributed by atoms with Gasteiger partial charge in [0.05, 0.1) is 0 Å². The first-order valence-corrected chi connectivity index (χ1v) is 11.1. The highest BCUT2D eigenvalue weighted by atomic mass is 127. The maximum Gasteiger partial charge on any atom is 0.191 e. The van der Waals surface area contributed by atoms with Crippen molar-refractivity contribution in [2.75, 3.05) is 38.2 Å². The fraction of sp³-hybridized carbons (Fsp3) is 0.737. The summed E-state index contributed by atoms with van der Waals surface area (Å²) >= 11 is 1.87. The summed E-state index contributed by atoms with van der Waals surface area (Å²) in [6.07, 6.45) is 5.52. The minimum atomic E-state index is 0. The molecule has 1 saturated heterocycles. The molecule has 0 amide bonds. The number of piperidine rings is 1. The van der Waals surface area contributed by atoms with Crippen molar-refractivity contribution < 1.29 is 0 Å². The average Bonchev–Trinajstić information content (AvgIpc) is 2.96. The van der Waals surface area contributed by atoms with Crippen molar-refractivity contribution >= 4 is 41.7 Å². The Morgan fingerprint density at radius 3 is 2.61 bits per heavy atom. The molecule has 0 unspecified atom stereocenters. The van der Waals surface area contributed by atoms with Crippen LogP contribution in [0.3, 0.4) is 0 Å². The van der Waals surface area contributed by atoms with Gasteiger partial charge in [-0.3, -0.25) is 4.90 Å². The van der Waals surface area contributed by atoms with E-state index < -0.39 is 0 Å². The third-order valence-electron chi connectivity index (χ3n) is 4.80. The Labute approximate surface area is 191 Å². The SMILES string of the molecule is C=C(C)CN1CCC(NC(=NCc2nnc(C)n2C)NCCCSC)CC1.I. The Balaban J connectivity index is 0.00000392. The molecule has 0 bridgehead atoms. The van der Waals surface area contributed by atoms with E-state index in [1.165, 1.54) is 5.57 Å². The van der Waals surface area contributed by atoms with Crippen LogP contribution in [-0.2, 0) is 13.6 Å². The Morgan fingerprint density at radius 1 is 1.32 bits per heavy atom. The van der Waals surface area contributed by atoms with Gasteiger partial charge in [-0.2, -0.15) is 11.8 Å². The number of hydrogen-bond acceptors (Lipinski definition) is 5. The lowest BCUT2D eigenvalue weighted by Gasteiger charge is -2.33. The summed E-state index contributed by atoms with van der Waals surface area (Å²) in [4.78, 5) is 7.24. The molecule has 1 aliphatic rings. The van der Waals surface area contributed by atoms with Gasteiger partial charge in [0.15, 0.2) is 11.8 Å². The van der Waals surface area contributed by atoms with E-state index in [1.807, 2.05) is 30.3 Å². The largest absolute Gasteiger partial charge is 0.356 e. The first-order valence-electron chi connectivity index (χ1n) is 9.75. The molecule has 0 aliphatic carbocycles. The topological polar surface area (TPSA) is 70.4 Å². The lowest BCUT2D eigenvalue weighted by atomic mass is 10.0. The maximum absolute atomic E-state index is 4.76. The molecule has 0 radical (unpaired) electrons. The normalized spacial score (nSPS) is 15.9. The number of halogens is 1. The van der Waals surface area contributed by atoms with Crippen LogP contribution in [0.4, 0.5) is 0 Å². The molecule has 1 fully saturated rings. The standard InChI is InChI=1S/C19H35N7S.HI/c1-15(2)14-26-10-7-17(8-11-26)22-19(20-9-6-12-27-5)21-13-18-24-23-16(3)25(18)4;/h17H,1,6-14H2,2-5H3,(H2,20,21,22);1H. The Kier molecular flexibility index (Phi) is 12.1. The van der Waals surface area contributed by atoms with Crippen LogP contribution in [0.5, 0.6) is 0 Å². The molecule has 28 heavy (non-hydrogen) atoms. The van der Waals surface area contributed by atoms with Gasteiger partial charge in [-0.1, -0.05) is 12.2 Å². The van der Waals surface area contributed by atoms with Gasteiger partial charge in [-0.25, -0.2) is 4.99 Å². The predicted molar refractivity (Wildman–Crippen MR) is 131 cm³/mol. The summed E-state index contributed by atoms with van der Waals surface area (Å²) in [5.74, 6) is 3.83. The van der Waals surface area contributed by atoms with Crippen molar-refractivity contribution in [1.29, 1.82) is 0 Å². The minimum absolute atomic E-state index is 0. The predicted octanol–water partition coefficient (Wildman–Crippen LogP) is 2.57. The van der Waals surface area contributed by atoms with Crippen LogP contribution >= 0.6 is 35.7 Å². The number of aryl methyl sites for hydroxylation is 1. The molecule has 1 aromatic heterocycles. The Hall–Kier alpha value is -0.810. The molecule has 0 aromatic carbocycles. The fourth-order valence-electron chi connectivity index (χ4n) is 3.12. The monoisotopic (exact) mass is 521 g/mol. The van der Waals surface area contributed by atoms with Gasteiger partial charge < -0.3 is 15.2 Å². The summed E-state index contributed by atoms with van der Waals surface area (Å²) in [5.41, 5.74) is 1.23. The number of rotatable bonds is 9. The zero-order valence-electron chi connectivity index (χ0n) is 17.7. The third kappa shape index (κ3) is 8.69. The first kappa shape index (κ1) is 25.2. The highest BCUT2D eigenvalue weighted by molar-refractivity contribution is 14.0. The summed E-state index contributed by atoms with van der Waals surface area (Å²) in [6.45, 7) is 12.8. The molecule has 9 heteroatoms. The zero-order chi connectivity index (χ0) is 19.6. The van der Waals surface area contributed by atoms with Crippen LogP contribution in [0.2, 0.25) is 0 Å². The van der Waals surface area contributed by atoms with E-state index in [0.29, 0.717) is 12.6 Å². The van der Waals surface area contributed by atoms with E-state index in [1.54, 1.807) is 0 Å². The van der Waals surface area contributed by atoms with E-state index in [0.717, 1.165) is 68.8 Å². The second kappa shape index (κ2) is 13.4. The number of hydrogen-bond donors (Lipinski definition) is 2. The van der Waals surface area contributed by atoms with Gasteiger partial charge in [0.1, 0.15) is 12.4 Å². The van der Waals surface area contributed by atoms with Crippen LogP contribution < -0.4 is 10.6 Å². The number of aliphatic imine (C=N–C) groups is 1. The fourth-order valence-corrected chi connectivity index (χ4v) is 3.56. The number of aromatic nitrogens is 3. The maximum atomic E-state index is 4.76. The molecular weight excluding hydrogens is 485 g/mol. The van der Waals surface area contributed by atoms with Crippen LogP contribution in [0.1, 0.15) is 37.8 Å². The Bertz CT molecular complexity index is 624. The smallest absolute Gasteiger partial charge is 0.191 e. The lowest BCUT2D eigenvalue weighted by molar-refractivity contribution is 0.221. The van der Waals surface area contributed by atoms with E-state index in [9.17, 15) is 0 Å². The summed E-state index contributed by atoms with van der Waals surface area (Å²) in [7, 11) is 1.98. The lowest BCUT2D eigenvalue weighted by Crippen LogP contribution is -2.49. The van der Waals surface area contributed by atoms with Crippen LogP contribution in [0.25, 0.3) is 0 Å². The number of nitrogens with one attached hydrogen (secondary N) is 2. The second-order valence-corrected chi connectivity index (χ2v) is 8.30. The molecule has 1 aliphatic heterocycles. The molecule has 0 atom stereocenters. The van der Waals surface area contributed by atoms with Crippen molar-refractivity contribution in [2.45, 2.75) is 45.7 Å². The third-order valence-corrected chi connectivity index (χ3v) is 5.50. The van der Waals surface area contributed by atoms with E-state index in [4.69, 9.17) is 4.99 Å². The van der Waals surface area contributed by atoms with E-state index >= 15 is 0 Å². The highest BCUT2D eigenvalue weighted by Gasteiger charge is 2.20. The molecule has 160 valence electrons. The molecule has 1 aromatic rings. The molecule has 2 N–H and O–H groups in total. The van der Waals surface area contributed by atoms with Crippen molar-refractivity contribution in [3.63, 3.8) is 0 Å². The highest BCUT2D eigenvalue weighted by Crippen LogP contribution is 2.11. The van der Waals surface area contributed by atoms with Crippen molar-refractivity contribution in [3.8, 4) is 0 Å². The molecule has 7 nitrogen and oxygen atoms in total. The molecular formula is C19H36IN7S. The summed E-state index contributed by atoms with van der Waals surface area (Å²) < 4.78 is 1.99. The summed E-state index contributed by atoms with van der Waals surface area (Å²) in [5, 5.41) is 15.4. The number of likely N-dealkylation sites (tertiary alicyclic amines) is 1. The van der Waals surface area contributed by atoms with Crippen molar-refractivity contribution in [3.05, 3.63) is 23.8 Å². The van der Waals surface area contributed by atoms with E-state index in [2.05, 4.69) is 45.5 Å². The molecule has 2 rings (SSSR count). The number of nitrogens with zero attached hydrogens (tertiary/aromatic N) is 5.